The molecule has 8 heavy (non-hydrogen) atoms. The Labute approximate surface area is 61.2 Å². The van der Waals surface area contributed by atoms with Crippen LogP contribution in [0.2, 0.25) is 0 Å². The topological polar surface area (TPSA) is 0 Å². The third-order valence-corrected chi connectivity index (χ3v) is 1.40. The van der Waals surface area contributed by atoms with Crippen molar-refractivity contribution in [2.75, 3.05) is 0 Å². The maximum atomic E-state index is 5.49. The Bertz CT molecular complexity index is 42.5. The van der Waals surface area contributed by atoms with Gasteiger partial charge in [0.2, 0.25) is 0 Å². The number of hydrogen-bond acceptors (Lipinski definition) is 0. The summed E-state index contributed by atoms with van der Waals surface area (Å²) < 4.78 is 0. The summed E-state index contributed by atoms with van der Waals surface area (Å²) in [5.41, 5.74) is 0. The smallest absolute Gasteiger partial charge is 0.105 e. The standard InChI is InChI=1S/C6H12Cl2/c1-5(2)3-4-6(7)8/h5-6H,3-4H2,1-2H3. The molecule has 0 amide bonds. The van der Waals surface area contributed by atoms with Crippen LogP contribution in [0.3, 0.4) is 0 Å². The predicted octanol–water partition coefficient (Wildman–Crippen LogP) is 3.23. The second-order valence-corrected chi connectivity index (χ2v) is 3.64. The van der Waals surface area contributed by atoms with E-state index in [9.17, 15) is 0 Å². The molecule has 50 valence electrons. The van der Waals surface area contributed by atoms with Crippen LogP contribution >= 0.6 is 23.2 Å². The molecule has 0 bridgehead atoms. The highest BCUT2D eigenvalue weighted by Gasteiger charge is 1.99. The van der Waals surface area contributed by atoms with Gasteiger partial charge in [-0.2, -0.15) is 0 Å². The first-order valence-corrected chi connectivity index (χ1v) is 3.78. The van der Waals surface area contributed by atoms with Gasteiger partial charge in [-0.3, -0.25) is 0 Å². The fraction of sp³-hybridized carbons (Fsp3) is 1.00. The summed E-state index contributed by atoms with van der Waals surface area (Å²) in [7, 11) is 0. The van der Waals surface area contributed by atoms with Gasteiger partial charge in [0.15, 0.2) is 0 Å². The Hall–Kier alpha value is 0.580. The highest BCUT2D eigenvalue weighted by Crippen LogP contribution is 2.13. The zero-order valence-electron chi connectivity index (χ0n) is 5.32. The van der Waals surface area contributed by atoms with E-state index in [-0.39, 0.29) is 4.84 Å². The van der Waals surface area contributed by atoms with Crippen LogP contribution in [-0.2, 0) is 0 Å². The fourth-order valence-electron chi connectivity index (χ4n) is 0.459. The summed E-state index contributed by atoms with van der Waals surface area (Å²) in [5, 5.41) is 0. The first-order valence-electron chi connectivity index (χ1n) is 2.91. The van der Waals surface area contributed by atoms with E-state index in [1.807, 2.05) is 0 Å². The van der Waals surface area contributed by atoms with Crippen LogP contribution in [0.1, 0.15) is 26.7 Å². The van der Waals surface area contributed by atoms with Crippen molar-refractivity contribution in [2.24, 2.45) is 5.92 Å². The Morgan fingerprint density at radius 1 is 1.12 bits per heavy atom. The second-order valence-electron chi connectivity index (χ2n) is 2.36. The van der Waals surface area contributed by atoms with E-state index in [1.165, 1.54) is 0 Å². The highest BCUT2D eigenvalue weighted by atomic mass is 35.5. The Morgan fingerprint density at radius 3 is 1.75 bits per heavy atom. The maximum absolute atomic E-state index is 5.49. The number of hydrogen-bond donors (Lipinski definition) is 0. The number of rotatable bonds is 3. The van der Waals surface area contributed by atoms with E-state index >= 15 is 0 Å². The minimum atomic E-state index is -0.169. The van der Waals surface area contributed by atoms with E-state index in [0.29, 0.717) is 0 Å². The van der Waals surface area contributed by atoms with Crippen LogP contribution in [0.25, 0.3) is 0 Å². The molecule has 0 fully saturated rings. The van der Waals surface area contributed by atoms with Crippen molar-refractivity contribution < 1.29 is 0 Å². The molecule has 0 heterocycles. The number of halogens is 2. The minimum Gasteiger partial charge on any atom is -0.105 e. The van der Waals surface area contributed by atoms with E-state index in [2.05, 4.69) is 13.8 Å². The molecule has 0 nitrogen and oxygen atoms in total. The summed E-state index contributed by atoms with van der Waals surface area (Å²) in [6.45, 7) is 4.33. The van der Waals surface area contributed by atoms with Gasteiger partial charge < -0.3 is 0 Å². The molecule has 2 heteroatoms. The summed E-state index contributed by atoms with van der Waals surface area (Å²) >= 11 is 11.0. The van der Waals surface area contributed by atoms with Crippen molar-refractivity contribution in [3.05, 3.63) is 0 Å². The van der Waals surface area contributed by atoms with Crippen LogP contribution < -0.4 is 0 Å². The van der Waals surface area contributed by atoms with Crippen molar-refractivity contribution in [1.29, 1.82) is 0 Å². The molecule has 0 rings (SSSR count). The fourth-order valence-corrected chi connectivity index (χ4v) is 0.711. The van der Waals surface area contributed by atoms with Crippen LogP contribution in [0, 0.1) is 5.92 Å². The van der Waals surface area contributed by atoms with Gasteiger partial charge in [-0.1, -0.05) is 13.8 Å². The molecule has 0 N–H and O–H groups in total. The summed E-state index contributed by atoms with van der Waals surface area (Å²) in [5.74, 6) is 0.718. The first kappa shape index (κ1) is 8.58. The van der Waals surface area contributed by atoms with Gasteiger partial charge in [0.1, 0.15) is 4.84 Å². The molecule has 0 aliphatic rings. The van der Waals surface area contributed by atoms with Gasteiger partial charge in [0, 0.05) is 0 Å². The van der Waals surface area contributed by atoms with Crippen LogP contribution in [0.15, 0.2) is 0 Å². The lowest BCUT2D eigenvalue weighted by Crippen LogP contribution is -1.91. The second kappa shape index (κ2) is 4.46. The Morgan fingerprint density at radius 2 is 1.62 bits per heavy atom. The van der Waals surface area contributed by atoms with Gasteiger partial charge in [-0.15, -0.1) is 23.2 Å². The lowest BCUT2D eigenvalue weighted by atomic mass is 10.1. The molecular weight excluding hydrogens is 143 g/mol. The molecule has 0 aliphatic carbocycles. The van der Waals surface area contributed by atoms with Gasteiger partial charge in [0.25, 0.3) is 0 Å². The lowest BCUT2D eigenvalue weighted by molar-refractivity contribution is 0.570. The van der Waals surface area contributed by atoms with Crippen LogP contribution in [0.5, 0.6) is 0 Å². The first-order chi connectivity index (χ1) is 3.63. The molecular formula is C6H12Cl2. The van der Waals surface area contributed by atoms with Gasteiger partial charge >= 0.3 is 0 Å². The normalized spacial score (nSPS) is 11.2. The monoisotopic (exact) mass is 154 g/mol. The van der Waals surface area contributed by atoms with Gasteiger partial charge in [-0.25, -0.2) is 0 Å². The molecule has 0 aromatic heterocycles. The van der Waals surface area contributed by atoms with E-state index < -0.39 is 0 Å². The van der Waals surface area contributed by atoms with E-state index in [0.717, 1.165) is 18.8 Å². The Kier molecular flexibility index (Phi) is 4.78. The summed E-state index contributed by atoms with van der Waals surface area (Å²) in [6, 6.07) is 0. The van der Waals surface area contributed by atoms with Crippen molar-refractivity contribution in [3.63, 3.8) is 0 Å². The summed E-state index contributed by atoms with van der Waals surface area (Å²) in [6.07, 6.45) is 2.04. The van der Waals surface area contributed by atoms with Crippen molar-refractivity contribution in [2.45, 2.75) is 31.5 Å². The summed E-state index contributed by atoms with van der Waals surface area (Å²) in [4.78, 5) is -0.169. The molecule has 0 atom stereocenters. The van der Waals surface area contributed by atoms with Crippen molar-refractivity contribution in [3.8, 4) is 0 Å². The highest BCUT2D eigenvalue weighted by molar-refractivity contribution is 6.44. The third-order valence-electron chi connectivity index (χ3n) is 0.962. The van der Waals surface area contributed by atoms with Gasteiger partial charge in [0.05, 0.1) is 0 Å². The quantitative estimate of drug-likeness (QED) is 0.549. The molecule has 0 radical (unpaired) electrons. The molecule has 0 saturated carbocycles. The third kappa shape index (κ3) is 6.58. The molecule has 0 saturated heterocycles. The Balaban J connectivity index is 2.93. The van der Waals surface area contributed by atoms with Crippen LogP contribution in [0.4, 0.5) is 0 Å². The molecule has 0 aromatic rings. The van der Waals surface area contributed by atoms with Crippen LogP contribution in [-0.4, -0.2) is 4.84 Å². The lowest BCUT2D eigenvalue weighted by Gasteiger charge is -2.02. The average Bonchev–Trinajstić information content (AvgIpc) is 1.61. The number of alkyl halides is 2. The van der Waals surface area contributed by atoms with Gasteiger partial charge in [-0.05, 0) is 18.8 Å². The molecule has 0 aromatic carbocycles. The van der Waals surface area contributed by atoms with E-state index in [1.54, 1.807) is 0 Å². The zero-order valence-corrected chi connectivity index (χ0v) is 6.84. The zero-order chi connectivity index (χ0) is 6.57. The molecule has 0 unspecified atom stereocenters. The molecule has 0 spiro atoms. The molecule has 0 aliphatic heterocycles. The minimum absolute atomic E-state index is 0.169. The SMILES string of the molecule is CC(C)CCC(Cl)Cl. The predicted molar refractivity (Wildman–Crippen MR) is 39.6 cm³/mol. The largest absolute Gasteiger partial charge is 0.107 e. The van der Waals surface area contributed by atoms with E-state index in [4.69, 9.17) is 23.2 Å². The maximum Gasteiger partial charge on any atom is 0.107 e. The van der Waals surface area contributed by atoms with Crippen molar-refractivity contribution >= 4 is 23.2 Å². The van der Waals surface area contributed by atoms with Crippen molar-refractivity contribution in [1.82, 2.24) is 0 Å². The average molecular weight is 155 g/mol.